The number of hydrogen-bond donors (Lipinski definition) is 1. The number of ketones is 1. The van der Waals surface area contributed by atoms with Gasteiger partial charge in [0.25, 0.3) is 5.91 Å². The van der Waals surface area contributed by atoms with Gasteiger partial charge in [-0.2, -0.15) is 0 Å². The average molecular weight is 485 g/mol. The predicted octanol–water partition coefficient (Wildman–Crippen LogP) is 6.26. The number of hydrogen-bond acceptors (Lipinski definition) is 6. The lowest BCUT2D eigenvalue weighted by atomic mass is 10.1. The van der Waals surface area contributed by atoms with E-state index < -0.39 is 5.60 Å². The number of ether oxygens (including phenoxy) is 2. The maximum absolute atomic E-state index is 12.8. The van der Waals surface area contributed by atoms with Gasteiger partial charge in [-0.3, -0.25) is 9.59 Å². The molecule has 7 heteroatoms. The molecule has 0 unspecified atom stereocenters. The molecule has 1 N–H and O–H groups in total. The summed E-state index contributed by atoms with van der Waals surface area (Å²) in [6, 6.07) is 19.6. The normalized spacial score (nSPS) is 11.0. The zero-order chi connectivity index (χ0) is 25.0. The molecule has 0 aliphatic carbocycles. The molecular formula is C28H24N2O4S. The molecule has 1 aromatic heterocycles. The Bertz CT molecular complexity index is 1450. The first-order valence-electron chi connectivity index (χ1n) is 11.0. The summed E-state index contributed by atoms with van der Waals surface area (Å²) in [4.78, 5) is 28.7. The van der Waals surface area contributed by atoms with Crippen LogP contribution in [0.5, 0.6) is 17.2 Å². The van der Waals surface area contributed by atoms with Crippen LogP contribution in [-0.4, -0.2) is 22.3 Å². The topological polar surface area (TPSA) is 77.5 Å². The van der Waals surface area contributed by atoms with Crippen LogP contribution in [0.4, 0.5) is 5.69 Å². The van der Waals surface area contributed by atoms with Crippen LogP contribution in [0.3, 0.4) is 0 Å². The van der Waals surface area contributed by atoms with E-state index in [9.17, 15) is 9.59 Å². The number of anilines is 1. The molecule has 0 spiro atoms. The van der Waals surface area contributed by atoms with Gasteiger partial charge in [-0.05, 0) is 63.2 Å². The SMILES string of the molecule is C#CC(C)(C)Oc1cccc(C(=O)Nc2cccc(Oc3ccc4nc(CC(C)=O)sc4c3)c2)c1. The molecule has 176 valence electrons. The molecule has 0 aliphatic rings. The van der Waals surface area contributed by atoms with Crippen molar-refractivity contribution < 1.29 is 19.1 Å². The van der Waals surface area contributed by atoms with Gasteiger partial charge in [0.1, 0.15) is 28.0 Å². The van der Waals surface area contributed by atoms with Gasteiger partial charge in [0.15, 0.2) is 5.60 Å². The highest BCUT2D eigenvalue weighted by molar-refractivity contribution is 7.18. The molecule has 6 nitrogen and oxygen atoms in total. The van der Waals surface area contributed by atoms with Gasteiger partial charge < -0.3 is 14.8 Å². The zero-order valence-corrected chi connectivity index (χ0v) is 20.4. The second kappa shape index (κ2) is 10.00. The Morgan fingerprint density at radius 3 is 2.54 bits per heavy atom. The summed E-state index contributed by atoms with van der Waals surface area (Å²) in [5.74, 6) is 4.09. The molecular weight excluding hydrogens is 460 g/mol. The van der Waals surface area contributed by atoms with Crippen molar-refractivity contribution >= 4 is 38.9 Å². The highest BCUT2D eigenvalue weighted by Crippen LogP contribution is 2.30. The summed E-state index contributed by atoms with van der Waals surface area (Å²) in [5, 5.41) is 3.67. The van der Waals surface area contributed by atoms with Crippen LogP contribution in [0.1, 0.15) is 36.1 Å². The summed E-state index contributed by atoms with van der Waals surface area (Å²) in [5.41, 5.74) is 1.08. The Balaban J connectivity index is 1.46. The predicted molar refractivity (Wildman–Crippen MR) is 138 cm³/mol. The van der Waals surface area contributed by atoms with E-state index in [0.717, 1.165) is 15.2 Å². The number of terminal acetylenes is 1. The van der Waals surface area contributed by atoms with E-state index in [1.165, 1.54) is 11.3 Å². The number of carbonyl (C=O) groups is 2. The minimum absolute atomic E-state index is 0.0788. The van der Waals surface area contributed by atoms with Crippen LogP contribution in [-0.2, 0) is 11.2 Å². The summed E-state index contributed by atoms with van der Waals surface area (Å²) < 4.78 is 12.7. The second-order valence-corrected chi connectivity index (χ2v) is 9.60. The number of fused-ring (bicyclic) bond motifs is 1. The molecule has 0 aliphatic heterocycles. The van der Waals surface area contributed by atoms with E-state index in [2.05, 4.69) is 16.2 Å². The monoisotopic (exact) mass is 484 g/mol. The van der Waals surface area contributed by atoms with Crippen molar-refractivity contribution in [1.29, 1.82) is 0 Å². The van der Waals surface area contributed by atoms with Crippen LogP contribution in [0, 0.1) is 12.3 Å². The maximum Gasteiger partial charge on any atom is 0.255 e. The van der Waals surface area contributed by atoms with Crippen LogP contribution in [0.25, 0.3) is 10.2 Å². The molecule has 0 radical (unpaired) electrons. The second-order valence-electron chi connectivity index (χ2n) is 8.48. The Hall–Kier alpha value is -4.15. The van der Waals surface area contributed by atoms with Gasteiger partial charge in [-0.25, -0.2) is 4.98 Å². The molecule has 0 atom stereocenters. The van der Waals surface area contributed by atoms with E-state index in [-0.39, 0.29) is 11.7 Å². The highest BCUT2D eigenvalue weighted by Gasteiger charge is 2.17. The molecule has 0 saturated heterocycles. The minimum atomic E-state index is -0.780. The number of thiazole rings is 1. The quantitative estimate of drug-likeness (QED) is 0.299. The van der Waals surface area contributed by atoms with E-state index in [1.54, 1.807) is 63.2 Å². The lowest BCUT2D eigenvalue weighted by molar-refractivity contribution is -0.116. The van der Waals surface area contributed by atoms with Gasteiger partial charge in [-0.1, -0.05) is 18.1 Å². The number of amides is 1. The number of nitrogens with one attached hydrogen (secondary N) is 1. The summed E-state index contributed by atoms with van der Waals surface area (Å²) in [6.45, 7) is 5.11. The van der Waals surface area contributed by atoms with Crippen LogP contribution >= 0.6 is 11.3 Å². The maximum atomic E-state index is 12.8. The fourth-order valence-electron chi connectivity index (χ4n) is 3.31. The lowest BCUT2D eigenvalue weighted by Gasteiger charge is -2.20. The Morgan fingerprint density at radius 2 is 1.77 bits per heavy atom. The summed E-state index contributed by atoms with van der Waals surface area (Å²) in [7, 11) is 0. The smallest absolute Gasteiger partial charge is 0.255 e. The average Bonchev–Trinajstić information content (AvgIpc) is 3.20. The number of Topliss-reactive ketones (excluding diaryl/α,β-unsaturated/α-hetero) is 1. The van der Waals surface area contributed by atoms with Crippen molar-refractivity contribution in [3.05, 3.63) is 77.3 Å². The van der Waals surface area contributed by atoms with Crippen molar-refractivity contribution in [1.82, 2.24) is 4.98 Å². The molecule has 35 heavy (non-hydrogen) atoms. The third kappa shape index (κ3) is 6.25. The Labute approximate surface area is 207 Å². The third-order valence-corrected chi connectivity index (χ3v) is 5.97. The highest BCUT2D eigenvalue weighted by atomic mass is 32.1. The number of carbonyl (C=O) groups excluding carboxylic acids is 2. The molecule has 0 saturated carbocycles. The lowest BCUT2D eigenvalue weighted by Crippen LogP contribution is -2.25. The van der Waals surface area contributed by atoms with Crippen molar-refractivity contribution in [2.45, 2.75) is 32.8 Å². The molecule has 1 amide bonds. The van der Waals surface area contributed by atoms with Crippen LogP contribution in [0.2, 0.25) is 0 Å². The van der Waals surface area contributed by atoms with E-state index >= 15 is 0 Å². The first kappa shape index (κ1) is 24.0. The van der Waals surface area contributed by atoms with Crippen LogP contribution < -0.4 is 14.8 Å². The number of benzene rings is 3. The molecule has 0 bridgehead atoms. The molecule has 3 aromatic carbocycles. The van der Waals surface area contributed by atoms with E-state index in [1.807, 2.05) is 24.3 Å². The fraction of sp³-hybridized carbons (Fsp3) is 0.179. The molecule has 1 heterocycles. The van der Waals surface area contributed by atoms with Gasteiger partial charge in [0, 0.05) is 23.4 Å². The molecule has 4 aromatic rings. The first-order valence-corrected chi connectivity index (χ1v) is 11.8. The van der Waals surface area contributed by atoms with Crippen molar-refractivity contribution in [3.63, 3.8) is 0 Å². The summed E-state index contributed by atoms with van der Waals surface area (Å²) in [6.07, 6.45) is 5.82. The van der Waals surface area contributed by atoms with Crippen LogP contribution in [0.15, 0.2) is 66.7 Å². The Morgan fingerprint density at radius 1 is 1.03 bits per heavy atom. The van der Waals surface area contributed by atoms with E-state index in [0.29, 0.717) is 34.9 Å². The van der Waals surface area contributed by atoms with E-state index in [4.69, 9.17) is 15.9 Å². The molecule has 0 fully saturated rings. The number of rotatable bonds is 8. The zero-order valence-electron chi connectivity index (χ0n) is 19.6. The Kier molecular flexibility index (Phi) is 6.85. The minimum Gasteiger partial charge on any atom is -0.475 e. The van der Waals surface area contributed by atoms with Crippen molar-refractivity contribution in [2.75, 3.05) is 5.32 Å². The molecule has 4 rings (SSSR count). The van der Waals surface area contributed by atoms with Crippen molar-refractivity contribution in [3.8, 4) is 29.6 Å². The van der Waals surface area contributed by atoms with Gasteiger partial charge in [0.05, 0.1) is 16.6 Å². The number of aromatic nitrogens is 1. The van der Waals surface area contributed by atoms with Gasteiger partial charge in [0.2, 0.25) is 0 Å². The van der Waals surface area contributed by atoms with Crippen molar-refractivity contribution in [2.24, 2.45) is 0 Å². The first-order chi connectivity index (χ1) is 16.7. The van der Waals surface area contributed by atoms with Gasteiger partial charge >= 0.3 is 0 Å². The van der Waals surface area contributed by atoms with Gasteiger partial charge in [-0.15, -0.1) is 17.8 Å². The number of nitrogens with zero attached hydrogens (tertiary/aromatic N) is 1. The standard InChI is InChI=1S/C28H24N2O4S/c1-5-28(3,4)34-23-11-6-8-19(15-23)27(32)29-20-9-7-10-21(16-20)33-22-12-13-24-25(17-22)35-26(30-24)14-18(2)31/h1,6-13,15-17H,14H2,2-4H3,(H,29,32). The fourth-order valence-corrected chi connectivity index (χ4v) is 4.37. The third-order valence-electron chi connectivity index (χ3n) is 4.95. The largest absolute Gasteiger partial charge is 0.475 e. The summed E-state index contributed by atoms with van der Waals surface area (Å²) >= 11 is 1.48.